The number of nitrogens with zero attached hydrogens (tertiary/aromatic N) is 3. The molecular formula is C20H19N3O4S. The Labute approximate surface area is 166 Å². The van der Waals surface area contributed by atoms with Crippen LogP contribution in [0.25, 0.3) is 6.08 Å². The lowest BCUT2D eigenvalue weighted by Crippen LogP contribution is -2.35. The fourth-order valence-corrected chi connectivity index (χ4v) is 3.80. The van der Waals surface area contributed by atoms with Crippen molar-refractivity contribution in [2.45, 2.75) is 26.8 Å². The maximum Gasteiger partial charge on any atom is 0.311 e. The number of phenols is 1. The van der Waals surface area contributed by atoms with Crippen molar-refractivity contribution in [1.82, 2.24) is 4.90 Å². The molecule has 144 valence electrons. The second-order valence-corrected chi connectivity index (χ2v) is 7.62. The summed E-state index contributed by atoms with van der Waals surface area (Å²) in [5.74, 6) is -0.621. The van der Waals surface area contributed by atoms with Crippen LogP contribution in [0.2, 0.25) is 0 Å². The fraction of sp³-hybridized carbons (Fsp3) is 0.200. The normalized spacial score (nSPS) is 17.1. The predicted molar refractivity (Wildman–Crippen MR) is 111 cm³/mol. The molecule has 0 radical (unpaired) electrons. The van der Waals surface area contributed by atoms with Crippen LogP contribution in [0.4, 0.5) is 11.4 Å². The molecule has 1 N–H and O–H groups in total. The van der Waals surface area contributed by atoms with Gasteiger partial charge in [0.1, 0.15) is 0 Å². The summed E-state index contributed by atoms with van der Waals surface area (Å²) in [4.78, 5) is 29.8. The quantitative estimate of drug-likeness (QED) is 0.461. The van der Waals surface area contributed by atoms with Crippen molar-refractivity contribution in [3.8, 4) is 5.75 Å². The van der Waals surface area contributed by atoms with Gasteiger partial charge in [0.05, 0.1) is 15.5 Å². The molecule has 3 rings (SSSR count). The number of thioether (sulfide) groups is 1. The van der Waals surface area contributed by atoms with Crippen LogP contribution in [-0.4, -0.2) is 32.0 Å². The zero-order chi connectivity index (χ0) is 20.4. The standard InChI is InChI=1S/C20H19N3O4S/c1-12(2)22-19(25)18(11-14-6-9-17(24)16(10-14)23(26)27)28-20(22)21-15-7-4-13(3)5-8-15/h4-12,24H,1-3H3/b18-11+,21-20?. The minimum absolute atomic E-state index is 0.0933. The van der Waals surface area contributed by atoms with E-state index in [2.05, 4.69) is 4.99 Å². The highest BCUT2D eigenvalue weighted by atomic mass is 32.2. The Morgan fingerprint density at radius 2 is 1.89 bits per heavy atom. The van der Waals surface area contributed by atoms with Crippen LogP contribution >= 0.6 is 11.8 Å². The summed E-state index contributed by atoms with van der Waals surface area (Å²) in [5, 5.41) is 21.2. The Hall–Kier alpha value is -3.13. The number of aliphatic imine (C=N–C) groups is 1. The van der Waals surface area contributed by atoms with Crippen LogP contribution in [0.15, 0.2) is 52.4 Å². The molecule has 1 aliphatic rings. The molecule has 0 aromatic heterocycles. The number of hydrogen-bond acceptors (Lipinski definition) is 6. The Kier molecular flexibility index (Phi) is 5.51. The third-order valence-electron chi connectivity index (χ3n) is 4.11. The largest absolute Gasteiger partial charge is 0.502 e. The Morgan fingerprint density at radius 1 is 1.21 bits per heavy atom. The number of carbonyl (C=O) groups is 1. The molecule has 28 heavy (non-hydrogen) atoms. The van der Waals surface area contributed by atoms with E-state index >= 15 is 0 Å². The van der Waals surface area contributed by atoms with E-state index in [1.165, 1.54) is 30.0 Å². The second-order valence-electron chi connectivity index (χ2n) is 6.61. The molecular weight excluding hydrogens is 378 g/mol. The summed E-state index contributed by atoms with van der Waals surface area (Å²) >= 11 is 1.22. The van der Waals surface area contributed by atoms with Crippen LogP contribution in [-0.2, 0) is 4.79 Å². The summed E-state index contributed by atoms with van der Waals surface area (Å²) in [5.41, 5.74) is 1.92. The number of carbonyl (C=O) groups excluding carboxylic acids is 1. The van der Waals surface area contributed by atoms with Gasteiger partial charge in [0.15, 0.2) is 10.9 Å². The van der Waals surface area contributed by atoms with Crippen LogP contribution in [0, 0.1) is 17.0 Å². The third-order valence-corrected chi connectivity index (χ3v) is 5.09. The smallest absolute Gasteiger partial charge is 0.311 e. The highest BCUT2D eigenvalue weighted by Crippen LogP contribution is 2.36. The lowest BCUT2D eigenvalue weighted by Gasteiger charge is -2.19. The number of phenolic OH excluding ortho intramolecular Hbond substituents is 1. The molecule has 2 aromatic rings. The van der Waals surface area contributed by atoms with Crippen LogP contribution in [0.1, 0.15) is 25.0 Å². The number of hydrogen-bond donors (Lipinski definition) is 1. The van der Waals surface area contributed by atoms with Crippen molar-refractivity contribution in [3.63, 3.8) is 0 Å². The summed E-state index contributed by atoms with van der Waals surface area (Å²) in [7, 11) is 0. The van der Waals surface area contributed by atoms with E-state index in [0.29, 0.717) is 15.6 Å². The van der Waals surface area contributed by atoms with E-state index in [9.17, 15) is 20.0 Å². The zero-order valence-corrected chi connectivity index (χ0v) is 16.4. The third kappa shape index (κ3) is 4.07. The first-order valence-electron chi connectivity index (χ1n) is 8.62. The van der Waals surface area contributed by atoms with Gasteiger partial charge in [0, 0.05) is 12.1 Å². The molecule has 1 heterocycles. The van der Waals surface area contributed by atoms with Gasteiger partial charge in [0.2, 0.25) is 0 Å². The number of nitro benzene ring substituents is 1. The predicted octanol–water partition coefficient (Wildman–Crippen LogP) is 4.62. The average Bonchev–Trinajstić information content (AvgIpc) is 2.93. The van der Waals surface area contributed by atoms with Gasteiger partial charge in [-0.2, -0.15) is 0 Å². The van der Waals surface area contributed by atoms with E-state index in [0.717, 1.165) is 11.3 Å². The molecule has 1 saturated heterocycles. The first kappa shape index (κ1) is 19.6. The molecule has 0 atom stereocenters. The van der Waals surface area contributed by atoms with E-state index in [4.69, 9.17) is 0 Å². The topological polar surface area (TPSA) is 96.0 Å². The molecule has 1 amide bonds. The second kappa shape index (κ2) is 7.85. The number of rotatable bonds is 4. The van der Waals surface area contributed by atoms with Crippen molar-refractivity contribution in [1.29, 1.82) is 0 Å². The maximum atomic E-state index is 12.9. The van der Waals surface area contributed by atoms with Crippen LogP contribution in [0.3, 0.4) is 0 Å². The molecule has 0 spiro atoms. The van der Waals surface area contributed by atoms with Crippen molar-refractivity contribution >= 4 is 40.3 Å². The monoisotopic (exact) mass is 397 g/mol. The minimum atomic E-state index is -0.661. The highest BCUT2D eigenvalue weighted by Gasteiger charge is 2.35. The van der Waals surface area contributed by atoms with Crippen molar-refractivity contribution in [3.05, 3.63) is 68.6 Å². The Balaban J connectivity index is 1.98. The summed E-state index contributed by atoms with van der Waals surface area (Å²) in [6.07, 6.45) is 1.58. The number of aryl methyl sites for hydroxylation is 1. The molecule has 1 fully saturated rings. The molecule has 2 aromatic carbocycles. The lowest BCUT2D eigenvalue weighted by atomic mass is 10.1. The van der Waals surface area contributed by atoms with E-state index < -0.39 is 16.4 Å². The molecule has 8 heteroatoms. The molecule has 0 unspecified atom stereocenters. The SMILES string of the molecule is Cc1ccc(N=C2S/C(=C/c3ccc(O)c([N+](=O)[O-])c3)C(=O)N2C(C)C)cc1. The summed E-state index contributed by atoms with van der Waals surface area (Å²) < 4.78 is 0. The van der Waals surface area contributed by atoms with Gasteiger partial charge in [0.25, 0.3) is 5.91 Å². The van der Waals surface area contributed by atoms with Gasteiger partial charge < -0.3 is 5.11 Å². The molecule has 1 aliphatic heterocycles. The van der Waals surface area contributed by atoms with Crippen LogP contribution < -0.4 is 0 Å². The van der Waals surface area contributed by atoms with Gasteiger partial charge >= 0.3 is 5.69 Å². The van der Waals surface area contributed by atoms with Gasteiger partial charge in [-0.15, -0.1) is 0 Å². The van der Waals surface area contributed by atoms with E-state index in [-0.39, 0.29) is 11.9 Å². The number of amides is 1. The van der Waals surface area contributed by atoms with Crippen molar-refractivity contribution < 1.29 is 14.8 Å². The van der Waals surface area contributed by atoms with Gasteiger partial charge in [-0.25, -0.2) is 4.99 Å². The number of benzene rings is 2. The molecule has 0 saturated carbocycles. The fourth-order valence-electron chi connectivity index (χ4n) is 2.68. The molecule has 0 aliphatic carbocycles. The first-order chi connectivity index (χ1) is 13.3. The average molecular weight is 397 g/mol. The maximum absolute atomic E-state index is 12.9. The van der Waals surface area contributed by atoms with Crippen molar-refractivity contribution in [2.24, 2.45) is 4.99 Å². The highest BCUT2D eigenvalue weighted by molar-refractivity contribution is 8.18. The van der Waals surface area contributed by atoms with Crippen molar-refractivity contribution in [2.75, 3.05) is 0 Å². The number of amidine groups is 1. The first-order valence-corrected chi connectivity index (χ1v) is 9.44. The Morgan fingerprint density at radius 3 is 2.50 bits per heavy atom. The minimum Gasteiger partial charge on any atom is -0.502 e. The summed E-state index contributed by atoms with van der Waals surface area (Å²) in [6.45, 7) is 5.79. The summed E-state index contributed by atoms with van der Waals surface area (Å²) in [6, 6.07) is 11.6. The van der Waals surface area contributed by atoms with Gasteiger partial charge in [-0.05, 0) is 62.4 Å². The number of aromatic hydroxyl groups is 1. The van der Waals surface area contributed by atoms with Crippen LogP contribution in [0.5, 0.6) is 5.75 Å². The zero-order valence-electron chi connectivity index (χ0n) is 15.6. The Bertz CT molecular complexity index is 997. The van der Waals surface area contributed by atoms with Gasteiger partial charge in [-0.1, -0.05) is 23.8 Å². The number of nitro groups is 1. The molecule has 7 nitrogen and oxygen atoms in total. The lowest BCUT2D eigenvalue weighted by molar-refractivity contribution is -0.385. The molecule has 0 bridgehead atoms. The van der Waals surface area contributed by atoms with E-state index in [1.807, 2.05) is 45.0 Å². The van der Waals surface area contributed by atoms with Gasteiger partial charge in [-0.3, -0.25) is 19.8 Å². The van der Waals surface area contributed by atoms with E-state index in [1.54, 1.807) is 11.0 Å².